The van der Waals surface area contributed by atoms with Gasteiger partial charge in [-0.25, -0.2) is 0 Å². The van der Waals surface area contributed by atoms with Crippen LogP contribution in [0.5, 0.6) is 0 Å². The highest BCUT2D eigenvalue weighted by molar-refractivity contribution is 7.99. The van der Waals surface area contributed by atoms with E-state index in [1.165, 1.54) is 5.56 Å². The molecule has 0 unspecified atom stereocenters. The Balaban J connectivity index is 1.94. The van der Waals surface area contributed by atoms with Crippen LogP contribution in [-0.2, 0) is 9.53 Å². The summed E-state index contributed by atoms with van der Waals surface area (Å²) in [6.45, 7) is 3.74. The Kier molecular flexibility index (Phi) is 4.07. The van der Waals surface area contributed by atoms with Gasteiger partial charge in [0.1, 0.15) is 6.04 Å². The standard InChI is InChI=1S/C13H17NO2S/c1-9(2)16-13(15)11-8-17-12(14-11)10-6-4-3-5-7-10/h3-7,9,11-12,14H,8H2,1-2H3/t11-,12+/m1/s1. The second-order valence-electron chi connectivity index (χ2n) is 4.33. The van der Waals surface area contributed by atoms with Crippen LogP contribution >= 0.6 is 11.8 Å². The lowest BCUT2D eigenvalue weighted by Gasteiger charge is -2.14. The lowest BCUT2D eigenvalue weighted by molar-refractivity contribution is -0.149. The maximum absolute atomic E-state index is 11.7. The van der Waals surface area contributed by atoms with Gasteiger partial charge in [0.25, 0.3) is 0 Å². The Morgan fingerprint density at radius 1 is 1.41 bits per heavy atom. The van der Waals surface area contributed by atoms with Crippen molar-refractivity contribution in [2.75, 3.05) is 5.75 Å². The van der Waals surface area contributed by atoms with Crippen LogP contribution in [0.4, 0.5) is 0 Å². The van der Waals surface area contributed by atoms with Crippen molar-refractivity contribution in [2.24, 2.45) is 0 Å². The Bertz CT molecular complexity index is 380. The third kappa shape index (κ3) is 3.23. The van der Waals surface area contributed by atoms with Crippen molar-refractivity contribution in [1.29, 1.82) is 0 Å². The van der Waals surface area contributed by atoms with Crippen LogP contribution in [-0.4, -0.2) is 23.9 Å². The summed E-state index contributed by atoms with van der Waals surface area (Å²) in [5, 5.41) is 3.50. The molecule has 1 aromatic rings. The minimum absolute atomic E-state index is 0.0509. The van der Waals surface area contributed by atoms with E-state index in [4.69, 9.17) is 4.74 Å². The van der Waals surface area contributed by atoms with E-state index in [1.807, 2.05) is 32.0 Å². The highest BCUT2D eigenvalue weighted by Gasteiger charge is 2.31. The van der Waals surface area contributed by atoms with Crippen molar-refractivity contribution < 1.29 is 9.53 Å². The molecule has 1 fully saturated rings. The van der Waals surface area contributed by atoms with E-state index >= 15 is 0 Å². The van der Waals surface area contributed by atoms with Gasteiger partial charge < -0.3 is 4.74 Å². The van der Waals surface area contributed by atoms with E-state index in [-0.39, 0.29) is 23.5 Å². The first kappa shape index (κ1) is 12.5. The number of carbonyl (C=O) groups excluding carboxylic acids is 1. The molecule has 1 aliphatic rings. The van der Waals surface area contributed by atoms with Crippen LogP contribution in [0.3, 0.4) is 0 Å². The highest BCUT2D eigenvalue weighted by atomic mass is 32.2. The molecule has 0 bridgehead atoms. The number of hydrogen-bond donors (Lipinski definition) is 1. The van der Waals surface area contributed by atoms with Crippen molar-refractivity contribution in [3.8, 4) is 0 Å². The molecule has 1 saturated heterocycles. The third-order valence-electron chi connectivity index (χ3n) is 2.52. The number of rotatable bonds is 3. The smallest absolute Gasteiger partial charge is 0.324 e. The van der Waals surface area contributed by atoms with Crippen molar-refractivity contribution in [1.82, 2.24) is 5.32 Å². The summed E-state index contributed by atoms with van der Waals surface area (Å²) in [6, 6.07) is 9.97. The Hall–Kier alpha value is -1.00. The summed E-state index contributed by atoms with van der Waals surface area (Å²) < 4.78 is 5.20. The fourth-order valence-electron chi connectivity index (χ4n) is 1.74. The fraction of sp³-hybridized carbons (Fsp3) is 0.462. The van der Waals surface area contributed by atoms with Gasteiger partial charge in [-0.1, -0.05) is 30.3 Å². The van der Waals surface area contributed by atoms with Gasteiger partial charge in [0.05, 0.1) is 11.5 Å². The van der Waals surface area contributed by atoms with Gasteiger partial charge in [-0.15, -0.1) is 11.8 Å². The van der Waals surface area contributed by atoms with E-state index < -0.39 is 0 Å². The zero-order valence-corrected chi connectivity index (χ0v) is 10.9. The Labute approximate surface area is 106 Å². The van der Waals surface area contributed by atoms with Crippen molar-refractivity contribution >= 4 is 17.7 Å². The van der Waals surface area contributed by atoms with Crippen LogP contribution in [0.2, 0.25) is 0 Å². The molecule has 2 atom stereocenters. The number of thioether (sulfide) groups is 1. The molecule has 2 rings (SSSR count). The fourth-order valence-corrected chi connectivity index (χ4v) is 2.97. The first-order valence-corrected chi connectivity index (χ1v) is 6.85. The number of benzene rings is 1. The Morgan fingerprint density at radius 2 is 2.12 bits per heavy atom. The molecule has 0 spiro atoms. The van der Waals surface area contributed by atoms with Gasteiger partial charge in [-0.3, -0.25) is 10.1 Å². The SMILES string of the molecule is CC(C)OC(=O)[C@H]1CS[C@@H](c2ccccc2)N1. The Morgan fingerprint density at radius 3 is 2.76 bits per heavy atom. The average molecular weight is 251 g/mol. The maximum atomic E-state index is 11.7. The van der Waals surface area contributed by atoms with Gasteiger partial charge in [0.15, 0.2) is 0 Å². The van der Waals surface area contributed by atoms with Crippen LogP contribution in [0, 0.1) is 0 Å². The predicted molar refractivity (Wildman–Crippen MR) is 69.8 cm³/mol. The number of nitrogens with one attached hydrogen (secondary N) is 1. The number of hydrogen-bond acceptors (Lipinski definition) is 4. The summed E-state index contributed by atoms with van der Waals surface area (Å²) in [5.41, 5.74) is 1.21. The van der Waals surface area contributed by atoms with Crippen LogP contribution in [0.25, 0.3) is 0 Å². The van der Waals surface area contributed by atoms with Gasteiger partial charge in [0, 0.05) is 5.75 Å². The first-order valence-electron chi connectivity index (χ1n) is 5.80. The molecule has 1 heterocycles. The van der Waals surface area contributed by atoms with E-state index in [0.29, 0.717) is 0 Å². The number of ether oxygens (including phenoxy) is 1. The largest absolute Gasteiger partial charge is 0.462 e. The second-order valence-corrected chi connectivity index (χ2v) is 5.47. The van der Waals surface area contributed by atoms with Crippen molar-refractivity contribution in [3.05, 3.63) is 35.9 Å². The summed E-state index contributed by atoms with van der Waals surface area (Å²) in [4.78, 5) is 11.7. The molecule has 92 valence electrons. The first-order chi connectivity index (χ1) is 8.16. The van der Waals surface area contributed by atoms with Gasteiger partial charge >= 0.3 is 5.97 Å². The van der Waals surface area contributed by atoms with Crippen LogP contribution in [0.15, 0.2) is 30.3 Å². The van der Waals surface area contributed by atoms with E-state index in [2.05, 4.69) is 17.4 Å². The molecule has 0 aromatic heterocycles. The normalized spacial score (nSPS) is 23.9. The lowest BCUT2D eigenvalue weighted by Crippen LogP contribution is -2.36. The molecule has 1 aliphatic heterocycles. The van der Waals surface area contributed by atoms with E-state index in [1.54, 1.807) is 11.8 Å². The molecular formula is C13H17NO2S. The molecular weight excluding hydrogens is 234 g/mol. The summed E-state index contributed by atoms with van der Waals surface area (Å²) in [6.07, 6.45) is -0.0509. The number of carbonyl (C=O) groups is 1. The van der Waals surface area contributed by atoms with E-state index in [0.717, 1.165) is 5.75 Å². The second kappa shape index (κ2) is 5.56. The van der Waals surface area contributed by atoms with Gasteiger partial charge in [-0.05, 0) is 19.4 Å². The quantitative estimate of drug-likeness (QED) is 0.837. The third-order valence-corrected chi connectivity index (χ3v) is 3.79. The van der Waals surface area contributed by atoms with E-state index in [9.17, 15) is 4.79 Å². The molecule has 3 nitrogen and oxygen atoms in total. The molecule has 17 heavy (non-hydrogen) atoms. The number of esters is 1. The van der Waals surface area contributed by atoms with Gasteiger partial charge in [0.2, 0.25) is 0 Å². The topological polar surface area (TPSA) is 38.3 Å². The van der Waals surface area contributed by atoms with Crippen molar-refractivity contribution in [3.63, 3.8) is 0 Å². The molecule has 0 amide bonds. The zero-order chi connectivity index (χ0) is 12.3. The lowest BCUT2D eigenvalue weighted by atomic mass is 10.2. The molecule has 0 aliphatic carbocycles. The van der Waals surface area contributed by atoms with Gasteiger partial charge in [-0.2, -0.15) is 0 Å². The summed E-state index contributed by atoms with van der Waals surface area (Å²) in [5.74, 6) is 0.622. The summed E-state index contributed by atoms with van der Waals surface area (Å²) >= 11 is 1.75. The molecule has 0 saturated carbocycles. The maximum Gasteiger partial charge on any atom is 0.324 e. The molecule has 1 N–H and O–H groups in total. The van der Waals surface area contributed by atoms with Crippen LogP contribution in [0.1, 0.15) is 24.8 Å². The summed E-state index contributed by atoms with van der Waals surface area (Å²) in [7, 11) is 0. The predicted octanol–water partition coefficient (Wildman–Crippen LogP) is 2.34. The molecule has 4 heteroatoms. The minimum atomic E-state index is -0.187. The highest BCUT2D eigenvalue weighted by Crippen LogP contribution is 2.32. The molecule has 0 radical (unpaired) electrons. The monoisotopic (exact) mass is 251 g/mol. The average Bonchev–Trinajstić information content (AvgIpc) is 2.78. The van der Waals surface area contributed by atoms with Crippen molar-refractivity contribution in [2.45, 2.75) is 31.4 Å². The zero-order valence-electron chi connectivity index (χ0n) is 10.1. The molecule has 1 aromatic carbocycles. The minimum Gasteiger partial charge on any atom is -0.462 e. The van der Waals surface area contributed by atoms with Crippen LogP contribution < -0.4 is 5.32 Å².